The molecule has 5 heteroatoms. The molecule has 1 N–H and O–H groups in total. The molecule has 0 amide bonds. The van der Waals surface area contributed by atoms with Gasteiger partial charge in [0, 0.05) is 5.92 Å². The topological polar surface area (TPSA) is 80.7 Å². The summed E-state index contributed by atoms with van der Waals surface area (Å²) in [4.78, 5) is 36.8. The minimum Gasteiger partial charge on any atom is -0.469 e. The van der Waals surface area contributed by atoms with E-state index in [-0.39, 0.29) is 16.7 Å². The molecule has 3 aliphatic carbocycles. The van der Waals surface area contributed by atoms with Gasteiger partial charge in [-0.1, -0.05) is 27.2 Å². The highest BCUT2D eigenvalue weighted by Crippen LogP contribution is 2.68. The first-order valence-corrected chi connectivity index (χ1v) is 9.86. The molecule has 0 aromatic heterocycles. The second kappa shape index (κ2) is 6.43. The summed E-state index contributed by atoms with van der Waals surface area (Å²) in [6.07, 6.45) is 5.55. The van der Waals surface area contributed by atoms with Crippen LogP contribution < -0.4 is 0 Å². The molecule has 146 valence electrons. The van der Waals surface area contributed by atoms with Gasteiger partial charge in [0.05, 0.1) is 24.5 Å². The lowest BCUT2D eigenvalue weighted by molar-refractivity contribution is -0.219. The van der Waals surface area contributed by atoms with Crippen molar-refractivity contribution in [2.75, 3.05) is 7.11 Å². The van der Waals surface area contributed by atoms with Crippen molar-refractivity contribution in [3.63, 3.8) is 0 Å². The number of ether oxygens (including phenoxy) is 1. The maximum atomic E-state index is 12.5. The number of aliphatic hydroxyl groups is 1. The van der Waals surface area contributed by atoms with Crippen molar-refractivity contribution in [3.05, 3.63) is 0 Å². The lowest BCUT2D eigenvalue weighted by atomic mass is 9.38. The fourth-order valence-corrected chi connectivity index (χ4v) is 7.18. The third-order valence-corrected chi connectivity index (χ3v) is 8.34. The van der Waals surface area contributed by atoms with Crippen LogP contribution in [0.1, 0.15) is 59.3 Å². The van der Waals surface area contributed by atoms with Gasteiger partial charge in [0.2, 0.25) is 0 Å². The first-order valence-electron chi connectivity index (χ1n) is 9.86. The number of rotatable bonds is 3. The van der Waals surface area contributed by atoms with Crippen LogP contribution in [-0.4, -0.2) is 36.9 Å². The van der Waals surface area contributed by atoms with Gasteiger partial charge in [0.25, 0.3) is 0 Å². The molecule has 0 aromatic carbocycles. The van der Waals surface area contributed by atoms with Crippen LogP contribution in [0.2, 0.25) is 0 Å². The Kier molecular flexibility index (Phi) is 4.83. The van der Waals surface area contributed by atoms with Gasteiger partial charge < -0.3 is 19.4 Å². The highest BCUT2D eigenvalue weighted by atomic mass is 16.5. The summed E-state index contributed by atoms with van der Waals surface area (Å²) in [5.41, 5.74) is -1.19. The molecule has 0 bridgehead atoms. The molecule has 0 heterocycles. The third kappa shape index (κ3) is 2.42. The van der Waals surface area contributed by atoms with Crippen molar-refractivity contribution < 1.29 is 24.2 Å². The van der Waals surface area contributed by atoms with Crippen molar-refractivity contribution in [2.45, 2.75) is 65.4 Å². The smallest absolute Gasteiger partial charge is 0.309 e. The summed E-state index contributed by atoms with van der Waals surface area (Å²) in [7, 11) is 1.31. The van der Waals surface area contributed by atoms with E-state index in [1.165, 1.54) is 7.11 Å². The molecule has 26 heavy (non-hydrogen) atoms. The summed E-state index contributed by atoms with van der Waals surface area (Å²) >= 11 is 0. The summed E-state index contributed by atoms with van der Waals surface area (Å²) in [5.74, 6) is -1.70. The monoisotopic (exact) mass is 364 g/mol. The molecule has 3 fully saturated rings. The largest absolute Gasteiger partial charge is 0.469 e. The summed E-state index contributed by atoms with van der Waals surface area (Å²) in [6.45, 7) is 6.76. The molecule has 3 aliphatic rings. The highest BCUT2D eigenvalue weighted by Gasteiger charge is 2.68. The molecular weight excluding hydrogens is 332 g/mol. The van der Waals surface area contributed by atoms with Gasteiger partial charge in [-0.15, -0.1) is 0 Å². The Bertz CT molecular complexity index is 599. The van der Waals surface area contributed by atoms with E-state index in [0.29, 0.717) is 25.2 Å². The number of esters is 1. The number of carbonyl (C=O) groups excluding carboxylic acids is 3. The van der Waals surface area contributed by atoms with E-state index in [1.54, 1.807) is 0 Å². The van der Waals surface area contributed by atoms with Crippen LogP contribution in [0.4, 0.5) is 0 Å². The zero-order chi connectivity index (χ0) is 19.3. The van der Waals surface area contributed by atoms with Gasteiger partial charge in [0.15, 0.2) is 0 Å². The van der Waals surface area contributed by atoms with Crippen molar-refractivity contribution in [1.29, 1.82) is 0 Å². The van der Waals surface area contributed by atoms with Crippen LogP contribution in [0.15, 0.2) is 0 Å². The molecule has 0 unspecified atom stereocenters. The van der Waals surface area contributed by atoms with Crippen LogP contribution >= 0.6 is 0 Å². The summed E-state index contributed by atoms with van der Waals surface area (Å²) < 4.78 is 4.90. The Morgan fingerprint density at radius 3 is 2.38 bits per heavy atom. The number of aliphatic hydroxyl groups excluding tert-OH is 1. The van der Waals surface area contributed by atoms with Crippen LogP contribution in [0.25, 0.3) is 0 Å². The minimum atomic E-state index is -1.18. The lowest BCUT2D eigenvalue weighted by Gasteiger charge is -2.66. The number of hydrogen-bond acceptors (Lipinski definition) is 5. The predicted molar refractivity (Wildman–Crippen MR) is 96.1 cm³/mol. The zero-order valence-electron chi connectivity index (χ0n) is 16.4. The molecular formula is C21H32O5. The Balaban J connectivity index is 2.11. The Morgan fingerprint density at radius 2 is 1.81 bits per heavy atom. The Labute approximate surface area is 155 Å². The fraction of sp³-hybridized carbons (Fsp3) is 0.857. The van der Waals surface area contributed by atoms with Crippen molar-refractivity contribution in [1.82, 2.24) is 0 Å². The zero-order valence-corrected chi connectivity index (χ0v) is 16.4. The molecule has 7 atom stereocenters. The molecule has 5 nitrogen and oxygen atoms in total. The van der Waals surface area contributed by atoms with E-state index in [4.69, 9.17) is 4.74 Å². The van der Waals surface area contributed by atoms with Gasteiger partial charge in [-0.25, -0.2) is 0 Å². The van der Waals surface area contributed by atoms with Crippen LogP contribution in [0.3, 0.4) is 0 Å². The maximum Gasteiger partial charge on any atom is 0.309 e. The molecule has 0 radical (unpaired) electrons. The predicted octanol–water partition coefficient (Wildman–Crippen LogP) is 2.78. The molecule has 0 spiro atoms. The average Bonchev–Trinajstić information content (AvgIpc) is 2.61. The van der Waals surface area contributed by atoms with E-state index < -0.39 is 29.3 Å². The first kappa shape index (κ1) is 19.5. The number of aldehydes is 2. The highest BCUT2D eigenvalue weighted by molar-refractivity contribution is 5.81. The quantitative estimate of drug-likeness (QED) is 0.615. The minimum absolute atomic E-state index is 0.0862. The second-order valence-corrected chi connectivity index (χ2v) is 9.69. The lowest BCUT2D eigenvalue weighted by Crippen LogP contribution is -2.67. The average molecular weight is 364 g/mol. The number of hydrogen-bond donors (Lipinski definition) is 1. The van der Waals surface area contributed by atoms with E-state index in [1.807, 2.05) is 0 Å². The molecule has 3 rings (SSSR count). The van der Waals surface area contributed by atoms with Gasteiger partial charge in [-0.05, 0) is 54.8 Å². The number of methoxy groups -OCH3 is 1. The standard InChI is InChI=1S/C21H32O5/c1-19(2)8-5-9-20(3)15-7-6-13(18(25)26-4)14(11-22)21(15,12-23)17(24)10-16(19)20/h11-17,24H,5-10H2,1-4H3/t13-,14-,15-,16+,17-,20-,21+/m1/s1. The van der Waals surface area contributed by atoms with E-state index in [9.17, 15) is 19.5 Å². The SMILES string of the molecule is COC(=O)[C@@H]1CC[C@@H]2[C@@]3(C)CCCC(C)(C)[C@@H]3C[C@@H](O)[C@@]2(C=O)[C@@H]1C=O. The van der Waals surface area contributed by atoms with Crippen LogP contribution in [0, 0.1) is 39.9 Å². The van der Waals surface area contributed by atoms with E-state index in [0.717, 1.165) is 31.8 Å². The van der Waals surface area contributed by atoms with E-state index in [2.05, 4.69) is 20.8 Å². The van der Waals surface area contributed by atoms with Gasteiger partial charge in [0.1, 0.15) is 12.6 Å². The Morgan fingerprint density at radius 1 is 1.12 bits per heavy atom. The molecule has 0 saturated heterocycles. The first-order chi connectivity index (χ1) is 12.2. The number of fused-ring (bicyclic) bond motifs is 3. The van der Waals surface area contributed by atoms with Crippen LogP contribution in [-0.2, 0) is 19.1 Å². The third-order valence-electron chi connectivity index (χ3n) is 8.34. The van der Waals surface area contributed by atoms with Gasteiger partial charge >= 0.3 is 5.97 Å². The van der Waals surface area contributed by atoms with E-state index >= 15 is 0 Å². The molecule has 3 saturated carbocycles. The summed E-state index contributed by atoms with van der Waals surface area (Å²) in [5, 5.41) is 11.2. The van der Waals surface area contributed by atoms with Gasteiger partial charge in [-0.2, -0.15) is 0 Å². The molecule has 0 aliphatic heterocycles. The second-order valence-electron chi connectivity index (χ2n) is 9.69. The molecule has 0 aromatic rings. The Hall–Kier alpha value is -1.23. The summed E-state index contributed by atoms with van der Waals surface area (Å²) in [6, 6.07) is 0. The van der Waals surface area contributed by atoms with Crippen molar-refractivity contribution in [3.8, 4) is 0 Å². The van der Waals surface area contributed by atoms with Crippen molar-refractivity contribution >= 4 is 18.5 Å². The number of carbonyl (C=O) groups is 3. The fourth-order valence-electron chi connectivity index (χ4n) is 7.18. The van der Waals surface area contributed by atoms with Crippen molar-refractivity contribution in [2.24, 2.45) is 39.9 Å². The maximum absolute atomic E-state index is 12.5. The normalized spacial score (nSPS) is 47.2. The van der Waals surface area contributed by atoms with Crippen LogP contribution in [0.5, 0.6) is 0 Å². The van der Waals surface area contributed by atoms with Gasteiger partial charge in [-0.3, -0.25) is 4.79 Å².